The van der Waals surface area contributed by atoms with Crippen molar-refractivity contribution in [3.05, 3.63) is 101 Å². The summed E-state index contributed by atoms with van der Waals surface area (Å²) >= 11 is 0. The van der Waals surface area contributed by atoms with Crippen molar-refractivity contribution in [2.24, 2.45) is 4.99 Å². The molecule has 1 amide bonds. The van der Waals surface area contributed by atoms with Gasteiger partial charge in [-0.1, -0.05) is 18.2 Å². The van der Waals surface area contributed by atoms with E-state index in [1.807, 2.05) is 0 Å². The zero-order valence-electron chi connectivity index (χ0n) is 19.4. The van der Waals surface area contributed by atoms with Crippen LogP contribution in [-0.2, 0) is 18.9 Å². The van der Waals surface area contributed by atoms with Crippen LogP contribution < -0.4 is 10.7 Å². The monoisotopic (exact) mass is 539 g/mol. The second-order valence-electron chi connectivity index (χ2n) is 8.12. The molecule has 0 aliphatic rings. The second-order valence-corrected chi connectivity index (χ2v) is 8.12. The number of pyridine rings is 1. The summed E-state index contributed by atoms with van der Waals surface area (Å²) in [4.78, 5) is 17.3. The van der Waals surface area contributed by atoms with Gasteiger partial charge < -0.3 is 9.88 Å². The second kappa shape index (κ2) is 9.92. The molecule has 3 aromatic carbocycles. The Bertz CT molecular complexity index is 1600. The van der Waals surface area contributed by atoms with Crippen molar-refractivity contribution in [3.8, 4) is 0 Å². The number of alkyl halides is 6. The molecule has 0 saturated carbocycles. The molecule has 0 radical (unpaired) electrons. The number of rotatable bonds is 4. The number of nitrogens with one attached hydrogen (secondary N) is 1. The first kappa shape index (κ1) is 26.8. The normalized spacial score (nSPS) is 12.7. The summed E-state index contributed by atoms with van der Waals surface area (Å²) < 4.78 is 110. The number of amides is 1. The summed E-state index contributed by atoms with van der Waals surface area (Å²) in [6.45, 7) is 2.03. The van der Waals surface area contributed by atoms with E-state index < -0.39 is 52.4 Å². The van der Waals surface area contributed by atoms with Gasteiger partial charge in [0.2, 0.25) is 0 Å². The van der Waals surface area contributed by atoms with E-state index >= 15 is 0 Å². The molecule has 0 unspecified atom stereocenters. The average Bonchev–Trinajstić information content (AvgIpc) is 2.85. The molecule has 0 fully saturated rings. The van der Waals surface area contributed by atoms with E-state index in [0.29, 0.717) is 48.5 Å². The fourth-order valence-corrected chi connectivity index (χ4v) is 3.79. The largest absolute Gasteiger partial charge is 0.416 e. The maximum absolute atomic E-state index is 14.6. The Kier molecular flexibility index (Phi) is 7.00. The lowest BCUT2D eigenvalue weighted by molar-refractivity contribution is -0.138. The van der Waals surface area contributed by atoms with Crippen LogP contribution in [0.5, 0.6) is 0 Å². The molecule has 4 rings (SSSR count). The molecular formula is C26H17F8N3O. The number of hydrogen-bond donors (Lipinski definition) is 1. The van der Waals surface area contributed by atoms with Crippen LogP contribution in [0.2, 0.25) is 0 Å². The molecule has 0 aliphatic carbocycles. The van der Waals surface area contributed by atoms with E-state index in [0.717, 1.165) is 0 Å². The van der Waals surface area contributed by atoms with E-state index in [1.165, 1.54) is 12.3 Å². The Morgan fingerprint density at radius 1 is 0.868 bits per heavy atom. The molecule has 0 aliphatic heterocycles. The number of hydrogen-bond acceptors (Lipinski definition) is 2. The van der Waals surface area contributed by atoms with Crippen LogP contribution >= 0.6 is 0 Å². The highest BCUT2D eigenvalue weighted by Crippen LogP contribution is 2.33. The molecule has 4 nitrogen and oxygen atoms in total. The first-order chi connectivity index (χ1) is 17.8. The van der Waals surface area contributed by atoms with Crippen LogP contribution in [0, 0.1) is 11.6 Å². The summed E-state index contributed by atoms with van der Waals surface area (Å²) in [7, 11) is 0. The summed E-state index contributed by atoms with van der Waals surface area (Å²) in [5.74, 6) is -3.37. The van der Waals surface area contributed by atoms with Gasteiger partial charge >= 0.3 is 12.4 Å². The summed E-state index contributed by atoms with van der Waals surface area (Å²) in [5, 5.41) is 2.05. The van der Waals surface area contributed by atoms with Crippen LogP contribution in [-0.4, -0.2) is 10.5 Å². The van der Waals surface area contributed by atoms with Gasteiger partial charge in [-0.05, 0) is 49.4 Å². The van der Waals surface area contributed by atoms with Crippen LogP contribution in [0.4, 0.5) is 46.5 Å². The summed E-state index contributed by atoms with van der Waals surface area (Å²) in [6.07, 6.45) is -8.36. The average molecular weight is 539 g/mol. The topological polar surface area (TPSA) is 46.4 Å². The van der Waals surface area contributed by atoms with Gasteiger partial charge in [0.25, 0.3) is 5.91 Å². The first-order valence-corrected chi connectivity index (χ1v) is 11.0. The Hall–Kier alpha value is -4.22. The molecule has 1 N–H and O–H groups in total. The Balaban J connectivity index is 1.96. The van der Waals surface area contributed by atoms with Gasteiger partial charge in [-0.3, -0.25) is 4.79 Å². The molecule has 1 aromatic heterocycles. The SMILES string of the molecule is CCn1cc(C(=O)Nc2cc(C(F)(F)F)ccc2F)c(=Nc2cc(C(F)(F)F)ccc2F)c2ccccc21. The van der Waals surface area contributed by atoms with Crippen molar-refractivity contribution in [1.29, 1.82) is 0 Å². The third kappa shape index (κ3) is 5.38. The Labute approximate surface area is 209 Å². The van der Waals surface area contributed by atoms with E-state index in [-0.39, 0.29) is 16.3 Å². The molecular weight excluding hydrogens is 522 g/mol. The van der Waals surface area contributed by atoms with Crippen molar-refractivity contribution in [1.82, 2.24) is 4.57 Å². The number of aryl methyl sites for hydroxylation is 1. The molecule has 1 heterocycles. The minimum absolute atomic E-state index is 0.239. The zero-order chi connectivity index (χ0) is 27.8. The van der Waals surface area contributed by atoms with Crippen molar-refractivity contribution >= 4 is 28.2 Å². The van der Waals surface area contributed by atoms with Crippen molar-refractivity contribution in [2.45, 2.75) is 25.8 Å². The quantitative estimate of drug-likeness (QED) is 0.269. The summed E-state index contributed by atoms with van der Waals surface area (Å²) in [6, 6.07) is 9.37. The minimum Gasteiger partial charge on any atom is -0.347 e. The number of fused-ring (bicyclic) bond motifs is 1. The Morgan fingerprint density at radius 3 is 2.11 bits per heavy atom. The molecule has 0 bridgehead atoms. The van der Waals surface area contributed by atoms with E-state index in [4.69, 9.17) is 0 Å². The molecule has 0 spiro atoms. The van der Waals surface area contributed by atoms with Gasteiger partial charge in [-0.15, -0.1) is 0 Å². The highest BCUT2D eigenvalue weighted by Gasteiger charge is 2.32. The molecule has 12 heteroatoms. The number of benzene rings is 3. The number of carbonyl (C=O) groups excluding carboxylic acids is 1. The third-order valence-electron chi connectivity index (χ3n) is 5.64. The van der Waals surface area contributed by atoms with E-state index in [2.05, 4.69) is 10.3 Å². The fraction of sp³-hybridized carbons (Fsp3) is 0.154. The molecule has 38 heavy (non-hydrogen) atoms. The maximum Gasteiger partial charge on any atom is 0.416 e. The van der Waals surface area contributed by atoms with Crippen molar-refractivity contribution < 1.29 is 39.9 Å². The van der Waals surface area contributed by atoms with Gasteiger partial charge in [0.05, 0.1) is 33.3 Å². The van der Waals surface area contributed by atoms with Crippen LogP contribution in [0.3, 0.4) is 0 Å². The lowest BCUT2D eigenvalue weighted by Crippen LogP contribution is -2.25. The predicted molar refractivity (Wildman–Crippen MR) is 124 cm³/mol. The standard InChI is InChI=1S/C26H17F8N3O/c1-2-37-13-17(24(38)36-21-12-15(26(32,33)34)8-10-19(21)28)23(16-5-3-4-6-22(16)37)35-20-11-14(25(29,30)31)7-9-18(20)27/h3-13H,2H2,1H3,(H,36,38). The summed E-state index contributed by atoms with van der Waals surface area (Å²) in [5.41, 5.74) is -3.75. The van der Waals surface area contributed by atoms with Crippen LogP contribution in [0.1, 0.15) is 28.4 Å². The fourth-order valence-electron chi connectivity index (χ4n) is 3.79. The van der Waals surface area contributed by atoms with Crippen molar-refractivity contribution in [3.63, 3.8) is 0 Å². The molecule has 4 aromatic rings. The number of halogens is 8. The van der Waals surface area contributed by atoms with Crippen molar-refractivity contribution in [2.75, 3.05) is 5.32 Å². The first-order valence-electron chi connectivity index (χ1n) is 11.0. The van der Waals surface area contributed by atoms with Gasteiger partial charge in [-0.2, -0.15) is 26.3 Å². The molecule has 198 valence electrons. The van der Waals surface area contributed by atoms with E-state index in [1.54, 1.807) is 29.7 Å². The zero-order valence-corrected chi connectivity index (χ0v) is 19.4. The molecule has 0 saturated heterocycles. The Morgan fingerprint density at radius 2 is 1.47 bits per heavy atom. The number of aromatic nitrogens is 1. The van der Waals surface area contributed by atoms with Gasteiger partial charge in [-0.25, -0.2) is 13.8 Å². The van der Waals surface area contributed by atoms with Gasteiger partial charge in [0.1, 0.15) is 17.3 Å². The highest BCUT2D eigenvalue weighted by molar-refractivity contribution is 6.05. The minimum atomic E-state index is -4.82. The lowest BCUT2D eigenvalue weighted by Gasteiger charge is -2.15. The number of nitrogens with zero attached hydrogens (tertiary/aromatic N) is 2. The molecule has 0 atom stereocenters. The third-order valence-corrected chi connectivity index (χ3v) is 5.64. The number of anilines is 1. The number of para-hydroxylation sites is 1. The van der Waals surface area contributed by atoms with Crippen LogP contribution in [0.15, 0.2) is 71.9 Å². The lowest BCUT2D eigenvalue weighted by atomic mass is 10.1. The van der Waals surface area contributed by atoms with Gasteiger partial charge in [0.15, 0.2) is 0 Å². The maximum atomic E-state index is 14.6. The highest BCUT2D eigenvalue weighted by atomic mass is 19.4. The number of carbonyl (C=O) groups is 1. The van der Waals surface area contributed by atoms with E-state index in [9.17, 15) is 39.9 Å². The smallest absolute Gasteiger partial charge is 0.347 e. The predicted octanol–water partition coefficient (Wildman–Crippen LogP) is 7.46. The van der Waals surface area contributed by atoms with Crippen LogP contribution in [0.25, 0.3) is 10.9 Å². The van der Waals surface area contributed by atoms with Gasteiger partial charge in [0, 0.05) is 18.1 Å².